The molecule has 1 heterocycles. The van der Waals surface area contributed by atoms with E-state index < -0.39 is 0 Å². The number of likely N-dealkylation sites (N-methyl/N-ethyl adjacent to an activating group) is 1. The van der Waals surface area contributed by atoms with E-state index in [4.69, 9.17) is 0 Å². The van der Waals surface area contributed by atoms with E-state index in [2.05, 4.69) is 73.4 Å². The molecule has 2 aromatic carbocycles. The highest BCUT2D eigenvalue weighted by Gasteiger charge is 2.22. The first-order valence-electron chi connectivity index (χ1n) is 7.44. The van der Waals surface area contributed by atoms with Crippen LogP contribution in [0.2, 0.25) is 0 Å². The SMILES string of the molecule is C/C=C(/c1ccccc1)c1cccc2c1N(CC)CC2. The molecule has 1 aliphatic heterocycles. The van der Waals surface area contributed by atoms with Gasteiger partial charge in [0.25, 0.3) is 0 Å². The zero-order valence-corrected chi connectivity index (χ0v) is 12.3. The van der Waals surface area contributed by atoms with Crippen molar-refractivity contribution in [1.29, 1.82) is 0 Å². The Morgan fingerprint density at radius 2 is 1.90 bits per heavy atom. The summed E-state index contributed by atoms with van der Waals surface area (Å²) in [5, 5.41) is 0. The summed E-state index contributed by atoms with van der Waals surface area (Å²) < 4.78 is 0. The van der Waals surface area contributed by atoms with Gasteiger partial charge in [-0.15, -0.1) is 0 Å². The molecule has 0 radical (unpaired) electrons. The predicted molar refractivity (Wildman–Crippen MR) is 87.2 cm³/mol. The molecule has 3 rings (SSSR count). The van der Waals surface area contributed by atoms with Gasteiger partial charge in [0.1, 0.15) is 0 Å². The molecule has 1 heteroatoms. The highest BCUT2D eigenvalue weighted by atomic mass is 15.1. The third kappa shape index (κ3) is 2.14. The number of allylic oxidation sites excluding steroid dienone is 1. The minimum atomic E-state index is 1.08. The summed E-state index contributed by atoms with van der Waals surface area (Å²) in [5.41, 5.74) is 6.93. The molecule has 0 aliphatic carbocycles. The van der Waals surface area contributed by atoms with Gasteiger partial charge < -0.3 is 4.90 Å². The summed E-state index contributed by atoms with van der Waals surface area (Å²) in [7, 11) is 0. The van der Waals surface area contributed by atoms with E-state index in [9.17, 15) is 0 Å². The number of para-hydroxylation sites is 1. The van der Waals surface area contributed by atoms with Crippen LogP contribution in [0.25, 0.3) is 5.57 Å². The van der Waals surface area contributed by atoms with E-state index in [0.29, 0.717) is 0 Å². The summed E-state index contributed by atoms with van der Waals surface area (Å²) in [6.45, 7) is 6.60. The predicted octanol–water partition coefficient (Wildman–Crippen LogP) is 4.52. The highest BCUT2D eigenvalue weighted by molar-refractivity contribution is 5.88. The van der Waals surface area contributed by atoms with Gasteiger partial charge in [-0.1, -0.05) is 54.6 Å². The fourth-order valence-electron chi connectivity index (χ4n) is 3.16. The largest absolute Gasteiger partial charge is 0.371 e. The van der Waals surface area contributed by atoms with Crippen molar-refractivity contribution >= 4 is 11.3 Å². The lowest BCUT2D eigenvalue weighted by atomic mass is 9.94. The number of benzene rings is 2. The van der Waals surface area contributed by atoms with Crippen molar-refractivity contribution in [1.82, 2.24) is 0 Å². The molecule has 1 nitrogen and oxygen atoms in total. The van der Waals surface area contributed by atoms with Gasteiger partial charge >= 0.3 is 0 Å². The average Bonchev–Trinajstić information content (AvgIpc) is 2.93. The Morgan fingerprint density at radius 1 is 1.10 bits per heavy atom. The maximum atomic E-state index is 2.50. The van der Waals surface area contributed by atoms with Crippen molar-refractivity contribution in [2.75, 3.05) is 18.0 Å². The van der Waals surface area contributed by atoms with Gasteiger partial charge in [0.2, 0.25) is 0 Å². The molecule has 0 unspecified atom stereocenters. The van der Waals surface area contributed by atoms with Gasteiger partial charge in [-0.25, -0.2) is 0 Å². The Hall–Kier alpha value is -2.02. The Labute approximate surface area is 121 Å². The van der Waals surface area contributed by atoms with E-state index in [-0.39, 0.29) is 0 Å². The molecule has 0 aromatic heterocycles. The van der Waals surface area contributed by atoms with Crippen molar-refractivity contribution in [3.8, 4) is 0 Å². The maximum Gasteiger partial charge on any atom is 0.0479 e. The third-order valence-electron chi connectivity index (χ3n) is 4.13. The van der Waals surface area contributed by atoms with E-state index in [1.165, 1.54) is 34.4 Å². The lowest BCUT2D eigenvalue weighted by Crippen LogP contribution is -2.20. The molecule has 0 saturated heterocycles. The number of hydrogen-bond donors (Lipinski definition) is 0. The van der Waals surface area contributed by atoms with Crippen LogP contribution in [-0.2, 0) is 6.42 Å². The molecule has 0 atom stereocenters. The Kier molecular flexibility index (Phi) is 3.60. The molecule has 0 saturated carbocycles. The van der Waals surface area contributed by atoms with Gasteiger partial charge in [0.05, 0.1) is 0 Å². The molecular weight excluding hydrogens is 242 g/mol. The van der Waals surface area contributed by atoms with Gasteiger partial charge in [-0.3, -0.25) is 0 Å². The minimum Gasteiger partial charge on any atom is -0.371 e. The highest BCUT2D eigenvalue weighted by Crippen LogP contribution is 2.37. The lowest BCUT2D eigenvalue weighted by molar-refractivity contribution is 0.867. The number of rotatable bonds is 3. The molecule has 0 fully saturated rings. The van der Waals surface area contributed by atoms with E-state index in [1.54, 1.807) is 0 Å². The zero-order chi connectivity index (χ0) is 13.9. The normalized spacial score (nSPS) is 14.5. The number of nitrogens with zero attached hydrogens (tertiary/aromatic N) is 1. The molecule has 0 N–H and O–H groups in total. The van der Waals surface area contributed by atoms with Crippen LogP contribution in [-0.4, -0.2) is 13.1 Å². The Balaban J connectivity index is 2.13. The topological polar surface area (TPSA) is 3.24 Å². The Bertz CT molecular complexity index is 625. The van der Waals surface area contributed by atoms with Crippen LogP contribution in [0.3, 0.4) is 0 Å². The molecule has 102 valence electrons. The molecule has 0 spiro atoms. The number of hydrogen-bond acceptors (Lipinski definition) is 1. The zero-order valence-electron chi connectivity index (χ0n) is 12.3. The Morgan fingerprint density at radius 3 is 2.60 bits per heavy atom. The van der Waals surface area contributed by atoms with Crippen LogP contribution < -0.4 is 4.90 Å². The number of fused-ring (bicyclic) bond motifs is 1. The van der Waals surface area contributed by atoms with Gasteiger partial charge in [0, 0.05) is 24.3 Å². The minimum absolute atomic E-state index is 1.08. The molecule has 0 bridgehead atoms. The summed E-state index contributed by atoms with van der Waals surface area (Å²) in [4.78, 5) is 2.50. The van der Waals surface area contributed by atoms with Crippen molar-refractivity contribution in [2.45, 2.75) is 20.3 Å². The van der Waals surface area contributed by atoms with E-state index in [1.807, 2.05) is 0 Å². The molecule has 1 aliphatic rings. The molecule has 20 heavy (non-hydrogen) atoms. The van der Waals surface area contributed by atoms with E-state index >= 15 is 0 Å². The number of anilines is 1. The van der Waals surface area contributed by atoms with E-state index in [0.717, 1.165) is 13.1 Å². The first-order valence-corrected chi connectivity index (χ1v) is 7.44. The van der Waals surface area contributed by atoms with Crippen LogP contribution in [0.4, 0.5) is 5.69 Å². The smallest absolute Gasteiger partial charge is 0.0479 e. The van der Waals surface area contributed by atoms with Crippen LogP contribution in [0.5, 0.6) is 0 Å². The monoisotopic (exact) mass is 263 g/mol. The lowest BCUT2D eigenvalue weighted by Gasteiger charge is -2.22. The maximum absolute atomic E-state index is 2.50. The summed E-state index contributed by atoms with van der Waals surface area (Å²) in [5.74, 6) is 0. The molecule has 2 aromatic rings. The first kappa shape index (κ1) is 13.0. The summed E-state index contributed by atoms with van der Waals surface area (Å²) in [6, 6.07) is 17.4. The van der Waals surface area contributed by atoms with Crippen LogP contribution in [0.1, 0.15) is 30.5 Å². The van der Waals surface area contributed by atoms with Crippen LogP contribution in [0, 0.1) is 0 Å². The van der Waals surface area contributed by atoms with Gasteiger partial charge in [0.15, 0.2) is 0 Å². The first-order chi connectivity index (χ1) is 9.85. The van der Waals surface area contributed by atoms with Crippen LogP contribution in [0.15, 0.2) is 54.6 Å². The van der Waals surface area contributed by atoms with Gasteiger partial charge in [-0.2, -0.15) is 0 Å². The third-order valence-corrected chi connectivity index (χ3v) is 4.13. The summed E-state index contributed by atoms with van der Waals surface area (Å²) >= 11 is 0. The second kappa shape index (κ2) is 5.54. The van der Waals surface area contributed by atoms with Crippen molar-refractivity contribution in [2.24, 2.45) is 0 Å². The second-order valence-corrected chi connectivity index (χ2v) is 5.21. The van der Waals surface area contributed by atoms with Crippen LogP contribution >= 0.6 is 0 Å². The fraction of sp³-hybridized carbons (Fsp3) is 0.263. The van der Waals surface area contributed by atoms with Crippen molar-refractivity contribution in [3.05, 3.63) is 71.3 Å². The fourth-order valence-corrected chi connectivity index (χ4v) is 3.16. The summed E-state index contributed by atoms with van der Waals surface area (Å²) in [6.07, 6.45) is 3.40. The average molecular weight is 263 g/mol. The van der Waals surface area contributed by atoms with Gasteiger partial charge in [-0.05, 0) is 37.0 Å². The molecular formula is C19H21N. The standard InChI is InChI=1S/C19H21N/c1-3-17(15-9-6-5-7-10-15)18-12-8-11-16-13-14-20(4-2)19(16)18/h3,5-12H,4,13-14H2,1-2H3/b17-3-. The second-order valence-electron chi connectivity index (χ2n) is 5.21. The molecule has 0 amide bonds. The quantitative estimate of drug-likeness (QED) is 0.787. The van der Waals surface area contributed by atoms with Crippen molar-refractivity contribution < 1.29 is 0 Å². The van der Waals surface area contributed by atoms with Crippen molar-refractivity contribution in [3.63, 3.8) is 0 Å².